The first kappa shape index (κ1) is 16.6. The number of aryl methyl sites for hydroxylation is 1. The third-order valence-corrected chi connectivity index (χ3v) is 4.80. The Morgan fingerprint density at radius 3 is 2.33 bits per heavy atom. The largest absolute Gasteiger partial charge is 0.339 e. The summed E-state index contributed by atoms with van der Waals surface area (Å²) >= 11 is 1.45. The minimum absolute atomic E-state index is 0.00166. The zero-order valence-corrected chi connectivity index (χ0v) is 14.2. The van der Waals surface area contributed by atoms with Crippen molar-refractivity contribution in [3.05, 3.63) is 51.7 Å². The van der Waals surface area contributed by atoms with Crippen LogP contribution in [-0.4, -0.2) is 52.8 Å². The number of carbonyl (C=O) groups excluding carboxylic acids is 2. The summed E-state index contributed by atoms with van der Waals surface area (Å²) in [5.74, 6) is -0.390. The molecule has 0 atom stereocenters. The first-order valence-electron chi connectivity index (χ1n) is 7.76. The highest BCUT2D eigenvalue weighted by atomic mass is 32.1. The molecule has 0 aliphatic carbocycles. The molecule has 2 heterocycles. The molecule has 2 aromatic rings. The minimum Gasteiger partial charge on any atom is -0.339 e. The molecular formula is C17H18FN3O2S. The predicted octanol–water partition coefficient (Wildman–Crippen LogP) is 2.12. The van der Waals surface area contributed by atoms with Crippen LogP contribution < -0.4 is 0 Å². The van der Waals surface area contributed by atoms with Gasteiger partial charge in [-0.1, -0.05) is 12.1 Å². The third-order valence-electron chi connectivity index (χ3n) is 4.03. The second kappa shape index (κ2) is 7.09. The second-order valence-corrected chi connectivity index (χ2v) is 6.79. The van der Waals surface area contributed by atoms with Crippen molar-refractivity contribution >= 4 is 23.2 Å². The molecule has 126 valence electrons. The maximum atomic E-state index is 12.9. The quantitative estimate of drug-likeness (QED) is 0.855. The molecule has 0 unspecified atom stereocenters. The molecule has 1 saturated heterocycles. The Kier molecular flexibility index (Phi) is 4.89. The Morgan fingerprint density at radius 1 is 1.12 bits per heavy atom. The summed E-state index contributed by atoms with van der Waals surface area (Å²) in [6.45, 7) is 3.90. The van der Waals surface area contributed by atoms with E-state index in [0.717, 1.165) is 10.6 Å². The average Bonchev–Trinajstić information content (AvgIpc) is 3.03. The summed E-state index contributed by atoms with van der Waals surface area (Å²) in [6.07, 6.45) is 0.250. The fourth-order valence-electron chi connectivity index (χ4n) is 2.67. The van der Waals surface area contributed by atoms with Gasteiger partial charge in [0.25, 0.3) is 5.91 Å². The number of carbonyl (C=O) groups is 2. The molecule has 1 aliphatic heterocycles. The van der Waals surface area contributed by atoms with Gasteiger partial charge in [-0.05, 0) is 24.6 Å². The van der Waals surface area contributed by atoms with Crippen molar-refractivity contribution in [1.82, 2.24) is 14.8 Å². The Bertz CT molecular complexity index is 737. The Labute approximate surface area is 143 Å². The Balaban J connectivity index is 1.53. The van der Waals surface area contributed by atoms with Crippen molar-refractivity contribution in [1.29, 1.82) is 0 Å². The number of halogens is 1. The lowest BCUT2D eigenvalue weighted by molar-refractivity contribution is -0.131. The molecular weight excluding hydrogens is 329 g/mol. The zero-order valence-electron chi connectivity index (χ0n) is 13.4. The summed E-state index contributed by atoms with van der Waals surface area (Å²) in [5.41, 5.74) is 1.27. The lowest BCUT2D eigenvalue weighted by Gasteiger charge is -2.34. The van der Waals surface area contributed by atoms with E-state index in [9.17, 15) is 14.0 Å². The maximum absolute atomic E-state index is 12.9. The number of thiazole rings is 1. The van der Waals surface area contributed by atoms with Gasteiger partial charge in [0.2, 0.25) is 5.91 Å². The van der Waals surface area contributed by atoms with Crippen LogP contribution in [0.5, 0.6) is 0 Å². The second-order valence-electron chi connectivity index (χ2n) is 5.73. The molecule has 2 amide bonds. The van der Waals surface area contributed by atoms with E-state index in [-0.39, 0.29) is 24.1 Å². The van der Waals surface area contributed by atoms with Crippen LogP contribution in [0.25, 0.3) is 0 Å². The van der Waals surface area contributed by atoms with Gasteiger partial charge in [0.1, 0.15) is 11.5 Å². The molecule has 0 radical (unpaired) electrons. The zero-order chi connectivity index (χ0) is 17.1. The SMILES string of the molecule is Cc1nc(C(=O)N2CCN(C(=O)Cc3ccc(F)cc3)CC2)cs1. The highest BCUT2D eigenvalue weighted by Crippen LogP contribution is 2.13. The van der Waals surface area contributed by atoms with E-state index >= 15 is 0 Å². The smallest absolute Gasteiger partial charge is 0.273 e. The monoisotopic (exact) mass is 347 g/mol. The molecule has 1 aromatic heterocycles. The number of amides is 2. The lowest BCUT2D eigenvalue weighted by Crippen LogP contribution is -2.51. The van der Waals surface area contributed by atoms with E-state index in [0.29, 0.717) is 31.9 Å². The van der Waals surface area contributed by atoms with Crippen molar-refractivity contribution in [2.24, 2.45) is 0 Å². The van der Waals surface area contributed by atoms with E-state index in [1.807, 2.05) is 6.92 Å². The number of hydrogen-bond donors (Lipinski definition) is 0. The van der Waals surface area contributed by atoms with E-state index in [2.05, 4.69) is 4.98 Å². The van der Waals surface area contributed by atoms with Gasteiger partial charge in [0.15, 0.2) is 0 Å². The summed E-state index contributed by atoms with van der Waals surface area (Å²) < 4.78 is 12.9. The van der Waals surface area contributed by atoms with Gasteiger partial charge in [-0.25, -0.2) is 9.37 Å². The number of piperazine rings is 1. The molecule has 0 N–H and O–H groups in total. The van der Waals surface area contributed by atoms with Crippen molar-refractivity contribution in [2.75, 3.05) is 26.2 Å². The van der Waals surface area contributed by atoms with Crippen LogP contribution in [-0.2, 0) is 11.2 Å². The van der Waals surface area contributed by atoms with Crippen LogP contribution in [0.1, 0.15) is 21.1 Å². The van der Waals surface area contributed by atoms with Crippen LogP contribution in [0, 0.1) is 12.7 Å². The first-order valence-corrected chi connectivity index (χ1v) is 8.64. The van der Waals surface area contributed by atoms with Gasteiger partial charge in [-0.15, -0.1) is 11.3 Å². The highest BCUT2D eigenvalue weighted by molar-refractivity contribution is 7.09. The molecule has 0 saturated carbocycles. The standard InChI is InChI=1S/C17H18FN3O2S/c1-12-19-15(11-24-12)17(23)21-8-6-20(7-9-21)16(22)10-13-2-4-14(18)5-3-13/h2-5,11H,6-10H2,1H3. The molecule has 0 bridgehead atoms. The van der Waals surface area contributed by atoms with Crippen molar-refractivity contribution in [3.63, 3.8) is 0 Å². The van der Waals surface area contributed by atoms with Crippen LogP contribution in [0.2, 0.25) is 0 Å². The highest BCUT2D eigenvalue weighted by Gasteiger charge is 2.25. The average molecular weight is 347 g/mol. The molecule has 0 spiro atoms. The number of hydrogen-bond acceptors (Lipinski definition) is 4. The Hall–Kier alpha value is -2.28. The molecule has 1 fully saturated rings. The van der Waals surface area contributed by atoms with Crippen LogP contribution >= 0.6 is 11.3 Å². The van der Waals surface area contributed by atoms with Crippen molar-refractivity contribution < 1.29 is 14.0 Å². The van der Waals surface area contributed by atoms with Crippen LogP contribution in [0.3, 0.4) is 0 Å². The summed E-state index contributed by atoms with van der Waals surface area (Å²) in [7, 11) is 0. The van der Waals surface area contributed by atoms with Crippen molar-refractivity contribution in [3.8, 4) is 0 Å². The fraction of sp³-hybridized carbons (Fsp3) is 0.353. The third kappa shape index (κ3) is 3.79. The maximum Gasteiger partial charge on any atom is 0.273 e. The minimum atomic E-state index is -0.310. The fourth-order valence-corrected chi connectivity index (χ4v) is 3.26. The van der Waals surface area contributed by atoms with Gasteiger partial charge in [-0.2, -0.15) is 0 Å². The molecule has 1 aromatic carbocycles. The number of aromatic nitrogens is 1. The molecule has 7 heteroatoms. The number of benzene rings is 1. The molecule has 24 heavy (non-hydrogen) atoms. The first-order chi connectivity index (χ1) is 11.5. The summed E-state index contributed by atoms with van der Waals surface area (Å²) in [5, 5.41) is 2.63. The number of rotatable bonds is 3. The Morgan fingerprint density at radius 2 is 1.75 bits per heavy atom. The van der Waals surface area contributed by atoms with Gasteiger partial charge in [-0.3, -0.25) is 9.59 Å². The number of nitrogens with zero attached hydrogens (tertiary/aromatic N) is 3. The summed E-state index contributed by atoms with van der Waals surface area (Å²) in [4.78, 5) is 32.4. The topological polar surface area (TPSA) is 53.5 Å². The molecule has 3 rings (SSSR count). The van der Waals surface area contributed by atoms with E-state index in [1.165, 1.54) is 23.5 Å². The van der Waals surface area contributed by atoms with E-state index in [4.69, 9.17) is 0 Å². The van der Waals surface area contributed by atoms with Gasteiger partial charge < -0.3 is 9.80 Å². The molecule has 5 nitrogen and oxygen atoms in total. The van der Waals surface area contributed by atoms with Crippen LogP contribution in [0.4, 0.5) is 4.39 Å². The van der Waals surface area contributed by atoms with E-state index in [1.54, 1.807) is 27.3 Å². The van der Waals surface area contributed by atoms with Gasteiger partial charge >= 0.3 is 0 Å². The normalized spacial score (nSPS) is 14.8. The molecule has 1 aliphatic rings. The van der Waals surface area contributed by atoms with Crippen LogP contribution in [0.15, 0.2) is 29.6 Å². The predicted molar refractivity (Wildman–Crippen MR) is 89.4 cm³/mol. The van der Waals surface area contributed by atoms with Gasteiger partial charge in [0.05, 0.1) is 11.4 Å². The summed E-state index contributed by atoms with van der Waals surface area (Å²) in [6, 6.07) is 5.96. The van der Waals surface area contributed by atoms with Gasteiger partial charge in [0, 0.05) is 31.6 Å². The lowest BCUT2D eigenvalue weighted by atomic mass is 10.1. The van der Waals surface area contributed by atoms with Crippen molar-refractivity contribution in [2.45, 2.75) is 13.3 Å². The van der Waals surface area contributed by atoms with E-state index < -0.39 is 0 Å².